The van der Waals surface area contributed by atoms with Gasteiger partial charge >= 0.3 is 0 Å². The quantitative estimate of drug-likeness (QED) is 0.711. The number of nitrogens with one attached hydrogen (secondary N) is 1. The van der Waals surface area contributed by atoms with Crippen LogP contribution in [0.15, 0.2) is 38.5 Å². The topological polar surface area (TPSA) is 107 Å². The molecule has 0 saturated heterocycles. The third-order valence-electron chi connectivity index (χ3n) is 2.44. The fourth-order valence-electron chi connectivity index (χ4n) is 1.50. The molecule has 1 aromatic carbocycles. The van der Waals surface area contributed by atoms with Crippen LogP contribution in [0, 0.1) is 0 Å². The van der Waals surface area contributed by atoms with E-state index in [-0.39, 0.29) is 21.0 Å². The Bertz CT molecular complexity index is 783. The first-order valence-electron chi connectivity index (χ1n) is 5.48. The number of anilines is 2. The molecular formula is C11H10Br2N4O3S. The fourth-order valence-corrected chi connectivity index (χ4v) is 3.67. The average Bonchev–Trinajstić information content (AvgIpc) is 2.41. The number of methoxy groups -OCH3 is 1. The molecule has 0 saturated carbocycles. The van der Waals surface area contributed by atoms with Gasteiger partial charge in [0, 0.05) is 6.07 Å². The number of benzene rings is 1. The normalized spacial score (nSPS) is 11.2. The first kappa shape index (κ1) is 16.0. The van der Waals surface area contributed by atoms with Gasteiger partial charge in [-0.3, -0.25) is 4.72 Å². The van der Waals surface area contributed by atoms with Crippen molar-refractivity contribution in [3.63, 3.8) is 0 Å². The monoisotopic (exact) mass is 436 g/mol. The van der Waals surface area contributed by atoms with Crippen molar-refractivity contribution < 1.29 is 13.2 Å². The lowest BCUT2D eigenvalue weighted by Gasteiger charge is -2.11. The Morgan fingerprint density at radius 3 is 2.62 bits per heavy atom. The molecule has 3 N–H and O–H groups in total. The number of ether oxygens (including phenoxy) is 1. The summed E-state index contributed by atoms with van der Waals surface area (Å²) in [5.41, 5.74) is 5.82. The Morgan fingerprint density at radius 2 is 2.05 bits per heavy atom. The number of hydrogen-bond donors (Lipinski definition) is 2. The van der Waals surface area contributed by atoms with Gasteiger partial charge in [0.15, 0.2) is 10.4 Å². The summed E-state index contributed by atoms with van der Waals surface area (Å²) in [5, 5.41) is 0. The van der Waals surface area contributed by atoms with Gasteiger partial charge in [0.2, 0.25) is 0 Å². The van der Waals surface area contributed by atoms with Crippen molar-refractivity contribution in [1.82, 2.24) is 9.97 Å². The van der Waals surface area contributed by atoms with Gasteiger partial charge in [-0.1, -0.05) is 0 Å². The highest BCUT2D eigenvalue weighted by molar-refractivity contribution is 9.11. The van der Waals surface area contributed by atoms with Crippen molar-refractivity contribution in [1.29, 1.82) is 0 Å². The van der Waals surface area contributed by atoms with Crippen molar-refractivity contribution in [2.75, 3.05) is 17.6 Å². The zero-order valence-corrected chi connectivity index (χ0v) is 14.7. The summed E-state index contributed by atoms with van der Waals surface area (Å²) in [7, 11) is -2.41. The standard InChI is InChI=1S/C11H10Br2N4O3S/c1-20-6-2-3-8(7(14)4-6)21(18,19)17-11-10(13)16-9(12)5-15-11/h2-5H,14H2,1H3,(H,15,17). The molecule has 21 heavy (non-hydrogen) atoms. The van der Waals surface area contributed by atoms with Gasteiger partial charge in [0.25, 0.3) is 10.0 Å². The van der Waals surface area contributed by atoms with Gasteiger partial charge in [0.1, 0.15) is 15.2 Å². The number of aromatic nitrogens is 2. The van der Waals surface area contributed by atoms with Crippen LogP contribution >= 0.6 is 31.9 Å². The predicted molar refractivity (Wildman–Crippen MR) is 85.6 cm³/mol. The second-order valence-electron chi connectivity index (χ2n) is 3.84. The summed E-state index contributed by atoms with van der Waals surface area (Å²) >= 11 is 6.27. The molecule has 1 heterocycles. The zero-order chi connectivity index (χ0) is 15.6. The van der Waals surface area contributed by atoms with E-state index >= 15 is 0 Å². The number of halogens is 2. The van der Waals surface area contributed by atoms with Crippen molar-refractivity contribution in [2.24, 2.45) is 0 Å². The third-order valence-corrected chi connectivity index (χ3v) is 4.79. The molecule has 10 heteroatoms. The second kappa shape index (κ2) is 6.16. The summed E-state index contributed by atoms with van der Waals surface area (Å²) < 4.78 is 32.7. The summed E-state index contributed by atoms with van der Waals surface area (Å²) in [6.45, 7) is 0. The Hall–Kier alpha value is -1.39. The van der Waals surface area contributed by atoms with Crippen LogP contribution < -0.4 is 15.2 Å². The molecular weight excluding hydrogens is 428 g/mol. The first-order chi connectivity index (χ1) is 9.83. The highest BCUT2D eigenvalue weighted by Gasteiger charge is 2.20. The molecule has 112 valence electrons. The van der Waals surface area contributed by atoms with E-state index in [0.717, 1.165) is 0 Å². The molecule has 7 nitrogen and oxygen atoms in total. The van der Waals surface area contributed by atoms with E-state index in [4.69, 9.17) is 10.5 Å². The molecule has 0 unspecified atom stereocenters. The van der Waals surface area contributed by atoms with E-state index < -0.39 is 10.0 Å². The van der Waals surface area contributed by atoms with Crippen molar-refractivity contribution >= 4 is 53.4 Å². The van der Waals surface area contributed by atoms with Crippen LogP contribution in [0.25, 0.3) is 0 Å². The Labute approximate surface area is 138 Å². The minimum atomic E-state index is -3.88. The van der Waals surface area contributed by atoms with E-state index in [2.05, 4.69) is 46.5 Å². The highest BCUT2D eigenvalue weighted by Crippen LogP contribution is 2.27. The maximum Gasteiger partial charge on any atom is 0.265 e. The fraction of sp³-hybridized carbons (Fsp3) is 0.0909. The molecule has 2 aromatic rings. The predicted octanol–water partition coefficient (Wildman–Crippen LogP) is 2.39. The lowest BCUT2D eigenvalue weighted by Crippen LogP contribution is -2.16. The van der Waals surface area contributed by atoms with E-state index in [1.807, 2.05) is 0 Å². The third kappa shape index (κ3) is 3.63. The summed E-state index contributed by atoms with van der Waals surface area (Å²) in [6.07, 6.45) is 1.37. The van der Waals surface area contributed by atoms with Gasteiger partial charge in [-0.2, -0.15) is 0 Å². The minimum Gasteiger partial charge on any atom is -0.497 e. The molecule has 0 radical (unpaired) electrons. The molecule has 0 atom stereocenters. The van der Waals surface area contributed by atoms with Gasteiger partial charge in [-0.25, -0.2) is 18.4 Å². The van der Waals surface area contributed by atoms with Gasteiger partial charge in [-0.05, 0) is 44.0 Å². The molecule has 0 spiro atoms. The summed E-state index contributed by atoms with van der Waals surface area (Å²) in [4.78, 5) is 7.86. The van der Waals surface area contributed by atoms with Crippen LogP contribution in [-0.2, 0) is 10.0 Å². The van der Waals surface area contributed by atoms with Gasteiger partial charge in [-0.15, -0.1) is 0 Å². The Kier molecular flexibility index (Phi) is 4.69. The van der Waals surface area contributed by atoms with E-state index in [0.29, 0.717) is 10.4 Å². The maximum absolute atomic E-state index is 12.3. The van der Waals surface area contributed by atoms with Crippen molar-refractivity contribution in [3.05, 3.63) is 33.6 Å². The van der Waals surface area contributed by atoms with Crippen LogP contribution in [-0.4, -0.2) is 25.5 Å². The molecule has 2 rings (SSSR count). The van der Waals surface area contributed by atoms with E-state index in [1.165, 1.54) is 31.5 Å². The van der Waals surface area contributed by atoms with E-state index in [1.54, 1.807) is 0 Å². The SMILES string of the molecule is COc1ccc(S(=O)(=O)Nc2ncc(Br)nc2Br)c(N)c1. The van der Waals surface area contributed by atoms with Crippen LogP contribution in [0.3, 0.4) is 0 Å². The molecule has 0 aliphatic heterocycles. The van der Waals surface area contributed by atoms with Crippen LogP contribution in [0.5, 0.6) is 5.75 Å². The van der Waals surface area contributed by atoms with Crippen LogP contribution in [0.4, 0.5) is 11.5 Å². The lowest BCUT2D eigenvalue weighted by molar-refractivity contribution is 0.414. The Morgan fingerprint density at radius 1 is 1.33 bits per heavy atom. The second-order valence-corrected chi connectivity index (χ2v) is 7.06. The van der Waals surface area contributed by atoms with Crippen LogP contribution in [0.1, 0.15) is 0 Å². The smallest absolute Gasteiger partial charge is 0.265 e. The number of sulfonamides is 1. The maximum atomic E-state index is 12.3. The molecule has 1 aromatic heterocycles. The molecule has 0 aliphatic rings. The molecule has 0 amide bonds. The van der Waals surface area contributed by atoms with Crippen molar-refractivity contribution in [2.45, 2.75) is 4.90 Å². The lowest BCUT2D eigenvalue weighted by atomic mass is 10.3. The molecule has 0 bridgehead atoms. The number of rotatable bonds is 4. The number of hydrogen-bond acceptors (Lipinski definition) is 6. The minimum absolute atomic E-state index is 0.0634. The molecule has 0 fully saturated rings. The van der Waals surface area contributed by atoms with Crippen molar-refractivity contribution in [3.8, 4) is 5.75 Å². The average molecular weight is 438 g/mol. The largest absolute Gasteiger partial charge is 0.497 e. The number of nitrogen functional groups attached to an aromatic ring is 1. The molecule has 0 aliphatic carbocycles. The van der Waals surface area contributed by atoms with Gasteiger partial charge < -0.3 is 10.5 Å². The van der Waals surface area contributed by atoms with E-state index in [9.17, 15) is 8.42 Å². The highest BCUT2D eigenvalue weighted by atomic mass is 79.9. The first-order valence-corrected chi connectivity index (χ1v) is 8.55. The Balaban J connectivity index is 2.38. The number of nitrogens with two attached hydrogens (primary N) is 1. The summed E-state index contributed by atoms with van der Waals surface area (Å²) in [5.74, 6) is 0.532. The summed E-state index contributed by atoms with van der Waals surface area (Å²) in [6, 6.07) is 4.29. The number of nitrogens with zero attached hydrogens (tertiary/aromatic N) is 2. The van der Waals surface area contributed by atoms with Crippen LogP contribution in [0.2, 0.25) is 0 Å². The zero-order valence-electron chi connectivity index (χ0n) is 10.7. The van der Waals surface area contributed by atoms with Gasteiger partial charge in [0.05, 0.1) is 19.0 Å².